The molecule has 4 nitrogen and oxygen atoms in total. The van der Waals surface area contributed by atoms with Crippen molar-refractivity contribution >= 4 is 11.3 Å². The van der Waals surface area contributed by atoms with Crippen LogP contribution in [0.15, 0.2) is 12.4 Å². The number of aryl methyl sites for hydroxylation is 1. The summed E-state index contributed by atoms with van der Waals surface area (Å²) in [7, 11) is 1.73. The van der Waals surface area contributed by atoms with E-state index < -0.39 is 11.9 Å². The molecular formula is C13H17F3N4S. The highest BCUT2D eigenvalue weighted by Crippen LogP contribution is 2.37. The number of thiazole rings is 1. The number of imidazole rings is 1. The van der Waals surface area contributed by atoms with Gasteiger partial charge in [0.1, 0.15) is 0 Å². The molecule has 0 amide bonds. The molecule has 0 aliphatic carbocycles. The number of halogens is 3. The van der Waals surface area contributed by atoms with E-state index in [2.05, 4.69) is 15.3 Å². The van der Waals surface area contributed by atoms with Crippen LogP contribution in [-0.2, 0) is 19.8 Å². The predicted molar refractivity (Wildman–Crippen MR) is 75.9 cm³/mol. The SMILES string of the molecule is CC(C)CNCc1sc(-c2nccn2C)nc1C(F)(F)F. The summed E-state index contributed by atoms with van der Waals surface area (Å²) in [6.07, 6.45) is -1.23. The Hall–Kier alpha value is -1.41. The fraction of sp³-hybridized carbons (Fsp3) is 0.538. The first-order valence-electron chi connectivity index (χ1n) is 6.54. The predicted octanol–water partition coefficient (Wildman–Crippen LogP) is 3.31. The van der Waals surface area contributed by atoms with E-state index in [9.17, 15) is 13.2 Å². The van der Waals surface area contributed by atoms with Crippen molar-refractivity contribution in [2.45, 2.75) is 26.6 Å². The largest absolute Gasteiger partial charge is 0.434 e. The highest BCUT2D eigenvalue weighted by molar-refractivity contribution is 7.15. The van der Waals surface area contributed by atoms with Crippen LogP contribution < -0.4 is 5.32 Å². The molecule has 0 saturated carbocycles. The molecule has 1 N–H and O–H groups in total. The molecule has 8 heteroatoms. The summed E-state index contributed by atoms with van der Waals surface area (Å²) in [5.74, 6) is 0.821. The number of hydrogen-bond acceptors (Lipinski definition) is 4. The lowest BCUT2D eigenvalue weighted by molar-refractivity contribution is -0.141. The maximum Gasteiger partial charge on any atom is 0.434 e. The van der Waals surface area contributed by atoms with Gasteiger partial charge in [-0.05, 0) is 12.5 Å². The van der Waals surface area contributed by atoms with Crippen LogP contribution in [0.5, 0.6) is 0 Å². The summed E-state index contributed by atoms with van der Waals surface area (Å²) in [4.78, 5) is 8.00. The van der Waals surface area contributed by atoms with Gasteiger partial charge in [-0.3, -0.25) is 0 Å². The number of alkyl halides is 3. The summed E-state index contributed by atoms with van der Waals surface area (Å²) >= 11 is 1.03. The first kappa shape index (κ1) is 16.0. The Morgan fingerprint density at radius 3 is 2.62 bits per heavy atom. The number of aromatic nitrogens is 3. The lowest BCUT2D eigenvalue weighted by Gasteiger charge is -2.08. The van der Waals surface area contributed by atoms with Crippen molar-refractivity contribution in [2.24, 2.45) is 13.0 Å². The van der Waals surface area contributed by atoms with Crippen molar-refractivity contribution in [3.8, 4) is 10.8 Å². The van der Waals surface area contributed by atoms with E-state index in [1.54, 1.807) is 24.0 Å². The van der Waals surface area contributed by atoms with Crippen molar-refractivity contribution in [2.75, 3.05) is 6.54 Å². The van der Waals surface area contributed by atoms with Crippen LogP contribution in [0, 0.1) is 5.92 Å². The van der Waals surface area contributed by atoms with Gasteiger partial charge in [0.25, 0.3) is 0 Å². The van der Waals surface area contributed by atoms with E-state index in [1.807, 2.05) is 13.8 Å². The van der Waals surface area contributed by atoms with E-state index in [1.165, 1.54) is 0 Å². The van der Waals surface area contributed by atoms with E-state index in [-0.39, 0.29) is 16.4 Å². The minimum Gasteiger partial charge on any atom is -0.332 e. The highest BCUT2D eigenvalue weighted by Gasteiger charge is 2.37. The number of rotatable bonds is 5. The normalized spacial score (nSPS) is 12.3. The van der Waals surface area contributed by atoms with Crippen molar-refractivity contribution < 1.29 is 13.2 Å². The Morgan fingerprint density at radius 1 is 1.38 bits per heavy atom. The van der Waals surface area contributed by atoms with Crippen LogP contribution in [0.4, 0.5) is 13.2 Å². The zero-order valence-corrected chi connectivity index (χ0v) is 12.8. The smallest absolute Gasteiger partial charge is 0.332 e. The molecule has 0 aliphatic heterocycles. The molecule has 0 bridgehead atoms. The van der Waals surface area contributed by atoms with Gasteiger partial charge in [0.05, 0.1) is 4.88 Å². The highest BCUT2D eigenvalue weighted by atomic mass is 32.1. The Kier molecular flexibility index (Phi) is 4.67. The molecule has 0 aliphatic rings. The Labute approximate surface area is 125 Å². The number of nitrogens with one attached hydrogen (secondary N) is 1. The van der Waals surface area contributed by atoms with Crippen LogP contribution >= 0.6 is 11.3 Å². The monoisotopic (exact) mass is 318 g/mol. The molecule has 2 aromatic heterocycles. The van der Waals surface area contributed by atoms with Crippen molar-refractivity contribution in [3.63, 3.8) is 0 Å². The molecular weight excluding hydrogens is 301 g/mol. The molecule has 0 saturated heterocycles. The summed E-state index contributed by atoms with van der Waals surface area (Å²) in [5.41, 5.74) is -0.818. The average molecular weight is 318 g/mol. The Balaban J connectivity index is 2.30. The van der Waals surface area contributed by atoms with Gasteiger partial charge in [0.15, 0.2) is 16.5 Å². The summed E-state index contributed by atoms with van der Waals surface area (Å²) in [5, 5.41) is 3.32. The van der Waals surface area contributed by atoms with Gasteiger partial charge in [-0.2, -0.15) is 13.2 Å². The third kappa shape index (κ3) is 3.82. The zero-order chi connectivity index (χ0) is 15.6. The van der Waals surface area contributed by atoms with Gasteiger partial charge >= 0.3 is 6.18 Å². The van der Waals surface area contributed by atoms with Crippen molar-refractivity contribution in [1.82, 2.24) is 19.9 Å². The standard InChI is InChI=1S/C13H17F3N4S/c1-8(2)6-17-7-9-10(13(14,15)16)19-12(21-9)11-18-4-5-20(11)3/h4-5,8,17H,6-7H2,1-3H3. The third-order valence-electron chi connectivity index (χ3n) is 2.82. The Bertz CT molecular complexity index is 601. The van der Waals surface area contributed by atoms with Gasteiger partial charge in [-0.25, -0.2) is 9.97 Å². The molecule has 2 rings (SSSR count). The van der Waals surface area contributed by atoms with Crippen LogP contribution in [0.25, 0.3) is 10.8 Å². The van der Waals surface area contributed by atoms with Crippen LogP contribution in [0.3, 0.4) is 0 Å². The maximum absolute atomic E-state index is 13.1. The van der Waals surface area contributed by atoms with Crippen LogP contribution in [0.2, 0.25) is 0 Å². The second-order valence-electron chi connectivity index (χ2n) is 5.18. The Morgan fingerprint density at radius 2 is 2.10 bits per heavy atom. The summed E-state index contributed by atoms with van der Waals surface area (Å²) in [6, 6.07) is 0. The second-order valence-corrected chi connectivity index (χ2v) is 6.26. The zero-order valence-electron chi connectivity index (χ0n) is 12.0. The average Bonchev–Trinajstić information content (AvgIpc) is 2.94. The molecule has 0 unspecified atom stereocenters. The molecule has 2 aromatic rings. The topological polar surface area (TPSA) is 42.7 Å². The van der Waals surface area contributed by atoms with E-state index in [0.29, 0.717) is 18.3 Å². The quantitative estimate of drug-likeness (QED) is 0.920. The van der Waals surface area contributed by atoms with E-state index in [4.69, 9.17) is 0 Å². The fourth-order valence-corrected chi connectivity index (χ4v) is 2.93. The van der Waals surface area contributed by atoms with Crippen molar-refractivity contribution in [1.29, 1.82) is 0 Å². The minimum absolute atomic E-state index is 0.162. The summed E-state index contributed by atoms with van der Waals surface area (Å²) in [6.45, 7) is 4.83. The molecule has 2 heterocycles. The molecule has 0 aromatic carbocycles. The van der Waals surface area contributed by atoms with Crippen molar-refractivity contribution in [3.05, 3.63) is 23.0 Å². The number of nitrogens with zero attached hydrogens (tertiary/aromatic N) is 3. The molecule has 116 valence electrons. The van der Waals surface area contributed by atoms with Gasteiger partial charge < -0.3 is 9.88 Å². The molecule has 0 radical (unpaired) electrons. The van der Waals surface area contributed by atoms with E-state index >= 15 is 0 Å². The van der Waals surface area contributed by atoms with Gasteiger partial charge in [0.2, 0.25) is 0 Å². The first-order valence-corrected chi connectivity index (χ1v) is 7.36. The molecule has 0 fully saturated rings. The maximum atomic E-state index is 13.1. The molecule has 0 spiro atoms. The first-order chi connectivity index (χ1) is 9.79. The van der Waals surface area contributed by atoms with E-state index in [0.717, 1.165) is 11.3 Å². The van der Waals surface area contributed by atoms with Crippen LogP contribution in [-0.4, -0.2) is 21.1 Å². The second kappa shape index (κ2) is 6.15. The third-order valence-corrected chi connectivity index (χ3v) is 3.87. The number of hydrogen-bond donors (Lipinski definition) is 1. The molecule has 0 atom stereocenters. The van der Waals surface area contributed by atoms with Gasteiger partial charge in [-0.15, -0.1) is 11.3 Å². The molecule has 21 heavy (non-hydrogen) atoms. The van der Waals surface area contributed by atoms with Gasteiger partial charge in [-0.1, -0.05) is 13.8 Å². The fourth-order valence-electron chi connectivity index (χ4n) is 1.83. The lowest BCUT2D eigenvalue weighted by atomic mass is 10.2. The van der Waals surface area contributed by atoms with Crippen LogP contribution in [0.1, 0.15) is 24.4 Å². The lowest BCUT2D eigenvalue weighted by Crippen LogP contribution is -2.20. The summed E-state index contributed by atoms with van der Waals surface area (Å²) < 4.78 is 40.9. The minimum atomic E-state index is -4.45. The van der Waals surface area contributed by atoms with Gasteiger partial charge in [0, 0.05) is 26.0 Å².